The molecule has 1 atom stereocenters. The third kappa shape index (κ3) is 5.82. The Balaban J connectivity index is 1.92. The lowest BCUT2D eigenvalue weighted by molar-refractivity contribution is 0.107. The predicted molar refractivity (Wildman–Crippen MR) is 100 cm³/mol. The first-order chi connectivity index (χ1) is 11.7. The van der Waals surface area contributed by atoms with Crippen LogP contribution in [0.15, 0.2) is 30.3 Å². The van der Waals surface area contributed by atoms with Crippen molar-refractivity contribution in [2.24, 2.45) is 0 Å². The van der Waals surface area contributed by atoms with E-state index in [1.165, 1.54) is 12.0 Å². The zero-order valence-corrected chi connectivity index (χ0v) is 15.3. The number of likely N-dealkylation sites (tertiary alicyclic amines) is 1. The summed E-state index contributed by atoms with van der Waals surface area (Å²) in [4.78, 5) is 17.1. The fourth-order valence-electron chi connectivity index (χ4n) is 3.44. The quantitative estimate of drug-likeness (QED) is 0.734. The fraction of sp³-hybridized carbons (Fsp3) is 0.650. The Kier molecular flexibility index (Phi) is 8.10. The van der Waals surface area contributed by atoms with Crippen LogP contribution in [0.25, 0.3) is 0 Å². The number of nitrogens with zero attached hydrogens (tertiary/aromatic N) is 2. The second kappa shape index (κ2) is 10.3. The van der Waals surface area contributed by atoms with Crippen molar-refractivity contribution in [2.75, 3.05) is 26.2 Å². The van der Waals surface area contributed by atoms with Crippen LogP contribution < -0.4 is 5.32 Å². The van der Waals surface area contributed by atoms with Crippen LogP contribution >= 0.6 is 0 Å². The summed E-state index contributed by atoms with van der Waals surface area (Å²) in [6.45, 7) is 9.03. The molecule has 0 spiro atoms. The van der Waals surface area contributed by atoms with Gasteiger partial charge in [0.2, 0.25) is 0 Å². The number of hydrogen-bond donors (Lipinski definition) is 1. The number of rotatable bonds is 8. The van der Waals surface area contributed by atoms with Crippen molar-refractivity contribution in [3.63, 3.8) is 0 Å². The predicted octanol–water partition coefficient (Wildman–Crippen LogP) is 3.87. The summed E-state index contributed by atoms with van der Waals surface area (Å²) in [5.74, 6) is 0. The van der Waals surface area contributed by atoms with Gasteiger partial charge in [-0.3, -0.25) is 4.90 Å². The van der Waals surface area contributed by atoms with Crippen molar-refractivity contribution < 1.29 is 4.79 Å². The molecule has 2 rings (SSSR count). The SMILES string of the molecule is CCCCNC(=O)N(CCC)[C@H]1CCCN(Cc2ccccc2)C1. The number of hydrogen-bond acceptors (Lipinski definition) is 2. The number of urea groups is 1. The molecular formula is C20H33N3O. The van der Waals surface area contributed by atoms with Crippen molar-refractivity contribution >= 4 is 6.03 Å². The first-order valence-electron chi connectivity index (χ1n) is 9.55. The molecule has 24 heavy (non-hydrogen) atoms. The molecule has 0 aliphatic carbocycles. The average molecular weight is 332 g/mol. The first kappa shape index (κ1) is 18.8. The van der Waals surface area contributed by atoms with Crippen LogP contribution in [0.1, 0.15) is 51.5 Å². The molecule has 4 heteroatoms. The lowest BCUT2D eigenvalue weighted by Gasteiger charge is -2.39. The number of amides is 2. The lowest BCUT2D eigenvalue weighted by Crippen LogP contribution is -2.53. The molecular weight excluding hydrogens is 298 g/mol. The van der Waals surface area contributed by atoms with E-state index in [0.717, 1.165) is 58.4 Å². The highest BCUT2D eigenvalue weighted by atomic mass is 16.2. The van der Waals surface area contributed by atoms with E-state index in [-0.39, 0.29) is 6.03 Å². The molecule has 0 saturated carbocycles. The summed E-state index contributed by atoms with van der Waals surface area (Å²) in [6, 6.07) is 11.1. The monoisotopic (exact) mass is 331 g/mol. The van der Waals surface area contributed by atoms with Gasteiger partial charge in [0.1, 0.15) is 0 Å². The van der Waals surface area contributed by atoms with Gasteiger partial charge in [-0.1, -0.05) is 50.6 Å². The summed E-state index contributed by atoms with van der Waals surface area (Å²) >= 11 is 0. The molecule has 1 heterocycles. The minimum absolute atomic E-state index is 0.122. The number of unbranched alkanes of at least 4 members (excludes halogenated alkanes) is 1. The van der Waals surface area contributed by atoms with E-state index < -0.39 is 0 Å². The fourth-order valence-corrected chi connectivity index (χ4v) is 3.44. The highest BCUT2D eigenvalue weighted by Crippen LogP contribution is 2.18. The van der Waals surface area contributed by atoms with E-state index in [0.29, 0.717) is 6.04 Å². The molecule has 1 aromatic rings. The lowest BCUT2D eigenvalue weighted by atomic mass is 10.0. The largest absolute Gasteiger partial charge is 0.338 e. The summed E-state index contributed by atoms with van der Waals surface area (Å²) < 4.78 is 0. The van der Waals surface area contributed by atoms with Gasteiger partial charge in [-0.2, -0.15) is 0 Å². The Morgan fingerprint density at radius 3 is 2.75 bits per heavy atom. The normalized spacial score (nSPS) is 18.3. The van der Waals surface area contributed by atoms with E-state index in [1.807, 2.05) is 0 Å². The second-order valence-electron chi connectivity index (χ2n) is 6.80. The Hall–Kier alpha value is -1.55. The van der Waals surface area contributed by atoms with Gasteiger partial charge in [-0.25, -0.2) is 4.79 Å². The Labute approximate surface area is 147 Å². The Morgan fingerprint density at radius 2 is 2.04 bits per heavy atom. The molecule has 134 valence electrons. The molecule has 1 aliphatic heterocycles. The molecule has 1 N–H and O–H groups in total. The van der Waals surface area contributed by atoms with Crippen LogP contribution in [-0.4, -0.2) is 48.1 Å². The molecule has 1 aliphatic rings. The maximum absolute atomic E-state index is 12.6. The highest BCUT2D eigenvalue weighted by Gasteiger charge is 2.27. The smallest absolute Gasteiger partial charge is 0.317 e. The summed E-state index contributed by atoms with van der Waals surface area (Å²) in [6.07, 6.45) is 5.46. The maximum Gasteiger partial charge on any atom is 0.317 e. The van der Waals surface area contributed by atoms with Crippen LogP contribution in [0.4, 0.5) is 4.79 Å². The van der Waals surface area contributed by atoms with Gasteiger partial charge in [-0.05, 0) is 37.8 Å². The zero-order valence-electron chi connectivity index (χ0n) is 15.3. The molecule has 0 aromatic heterocycles. The summed E-state index contributed by atoms with van der Waals surface area (Å²) in [5.41, 5.74) is 1.35. The molecule has 4 nitrogen and oxygen atoms in total. The molecule has 0 unspecified atom stereocenters. The number of carbonyl (C=O) groups excluding carboxylic acids is 1. The third-order valence-corrected chi connectivity index (χ3v) is 4.70. The zero-order chi connectivity index (χ0) is 17.2. The first-order valence-corrected chi connectivity index (χ1v) is 9.55. The van der Waals surface area contributed by atoms with Crippen LogP contribution in [0.5, 0.6) is 0 Å². The van der Waals surface area contributed by atoms with Crippen molar-refractivity contribution in [2.45, 2.75) is 58.5 Å². The second-order valence-corrected chi connectivity index (χ2v) is 6.80. The van der Waals surface area contributed by atoms with Crippen LogP contribution in [0.2, 0.25) is 0 Å². The number of carbonyl (C=O) groups is 1. The van der Waals surface area contributed by atoms with Gasteiger partial charge < -0.3 is 10.2 Å². The maximum atomic E-state index is 12.6. The topological polar surface area (TPSA) is 35.6 Å². The molecule has 1 fully saturated rings. The molecule has 0 radical (unpaired) electrons. The summed E-state index contributed by atoms with van der Waals surface area (Å²) in [5, 5.41) is 3.10. The minimum Gasteiger partial charge on any atom is -0.338 e. The molecule has 2 amide bonds. The van der Waals surface area contributed by atoms with Crippen LogP contribution in [-0.2, 0) is 6.54 Å². The molecule has 1 aromatic carbocycles. The highest BCUT2D eigenvalue weighted by molar-refractivity contribution is 5.74. The van der Waals surface area contributed by atoms with E-state index >= 15 is 0 Å². The van der Waals surface area contributed by atoms with Crippen molar-refractivity contribution in [1.82, 2.24) is 15.1 Å². The standard InChI is InChI=1S/C20H33N3O/c1-3-5-13-21-20(24)23(14-4-2)19-12-9-15-22(17-19)16-18-10-7-6-8-11-18/h6-8,10-11,19H,3-5,9,12-17H2,1-2H3,(H,21,24)/t19-/m0/s1. The summed E-state index contributed by atoms with van der Waals surface area (Å²) in [7, 11) is 0. The van der Waals surface area contributed by atoms with E-state index in [1.54, 1.807) is 0 Å². The number of benzene rings is 1. The van der Waals surface area contributed by atoms with E-state index in [4.69, 9.17) is 0 Å². The van der Waals surface area contributed by atoms with Crippen LogP contribution in [0.3, 0.4) is 0 Å². The Bertz CT molecular complexity index is 477. The number of piperidine rings is 1. The Morgan fingerprint density at radius 1 is 1.25 bits per heavy atom. The number of nitrogens with one attached hydrogen (secondary N) is 1. The van der Waals surface area contributed by atoms with Gasteiger partial charge in [0.05, 0.1) is 0 Å². The van der Waals surface area contributed by atoms with Crippen LogP contribution in [0, 0.1) is 0 Å². The van der Waals surface area contributed by atoms with E-state index in [2.05, 4.69) is 59.3 Å². The average Bonchev–Trinajstić information content (AvgIpc) is 2.61. The van der Waals surface area contributed by atoms with Gasteiger partial charge in [0.25, 0.3) is 0 Å². The van der Waals surface area contributed by atoms with Gasteiger partial charge in [-0.15, -0.1) is 0 Å². The third-order valence-electron chi connectivity index (χ3n) is 4.70. The van der Waals surface area contributed by atoms with Gasteiger partial charge in [0, 0.05) is 32.2 Å². The van der Waals surface area contributed by atoms with E-state index in [9.17, 15) is 4.79 Å². The molecule has 0 bridgehead atoms. The minimum atomic E-state index is 0.122. The van der Waals surface area contributed by atoms with Crippen molar-refractivity contribution in [3.05, 3.63) is 35.9 Å². The molecule has 1 saturated heterocycles. The van der Waals surface area contributed by atoms with Gasteiger partial charge in [0.15, 0.2) is 0 Å². The van der Waals surface area contributed by atoms with Crippen molar-refractivity contribution in [1.29, 1.82) is 0 Å². The van der Waals surface area contributed by atoms with Crippen molar-refractivity contribution in [3.8, 4) is 0 Å². The van der Waals surface area contributed by atoms with Gasteiger partial charge >= 0.3 is 6.03 Å².